The summed E-state index contributed by atoms with van der Waals surface area (Å²) in [5.41, 5.74) is -3.18. The first-order chi connectivity index (χ1) is 17.3. The van der Waals surface area contributed by atoms with Gasteiger partial charge in [-0.1, -0.05) is 61.6 Å². The molecule has 2 aliphatic rings. The Bertz CT molecular complexity index is 1130. The number of ether oxygens (including phenoxy) is 2. The van der Waals surface area contributed by atoms with Gasteiger partial charge in [0.15, 0.2) is 0 Å². The van der Waals surface area contributed by atoms with E-state index in [1.165, 1.54) is 6.92 Å². The number of alkyl halides is 6. The second kappa shape index (κ2) is 9.93. The smallest absolute Gasteiger partial charge is 0.372 e. The number of hydrogen-bond donors (Lipinski definition) is 0. The van der Waals surface area contributed by atoms with Crippen molar-refractivity contribution in [2.75, 3.05) is 20.3 Å². The quantitative estimate of drug-likeness (QED) is 0.361. The van der Waals surface area contributed by atoms with E-state index < -0.39 is 40.5 Å². The molecule has 0 N–H and O–H groups in total. The molecule has 0 saturated carbocycles. The van der Waals surface area contributed by atoms with E-state index >= 15 is 0 Å². The molecule has 3 nitrogen and oxygen atoms in total. The molecule has 9 heteroatoms. The molecule has 4 atom stereocenters. The van der Waals surface area contributed by atoms with Crippen LogP contribution in [-0.4, -0.2) is 30.7 Å². The van der Waals surface area contributed by atoms with Gasteiger partial charge in [0.05, 0.1) is 36.0 Å². The number of halogens is 6. The molecule has 1 aliphatic heterocycles. The molecule has 0 amide bonds. The monoisotopic (exact) mass is 525 g/mol. The maximum atomic E-state index is 13.4. The lowest BCUT2D eigenvalue weighted by atomic mass is 9.67. The summed E-state index contributed by atoms with van der Waals surface area (Å²) in [5, 5.41) is 0. The second-order valence-corrected chi connectivity index (χ2v) is 9.92. The van der Waals surface area contributed by atoms with Crippen LogP contribution in [0.25, 0.3) is 0 Å². The van der Waals surface area contributed by atoms with E-state index in [-0.39, 0.29) is 31.1 Å². The van der Waals surface area contributed by atoms with Gasteiger partial charge >= 0.3 is 12.4 Å². The first-order valence-corrected chi connectivity index (χ1v) is 11.9. The summed E-state index contributed by atoms with van der Waals surface area (Å²) < 4.78 is 92.7. The Morgan fingerprint density at radius 2 is 1.62 bits per heavy atom. The van der Waals surface area contributed by atoms with E-state index in [0.717, 1.165) is 17.7 Å². The Morgan fingerprint density at radius 1 is 1.00 bits per heavy atom. The molecule has 2 aromatic rings. The minimum Gasteiger partial charge on any atom is -0.372 e. The maximum Gasteiger partial charge on any atom is 0.416 e. The standard InChI is InChI=1S/C28H29F6NO2/c1-19(21-14-22(27(29,30)31)16-23(15-21)28(32,33)34)36-17-26(25(2)12-8-5-9-13-25)18-37-24(35(26)3)20-10-6-4-7-11-20/h4-12,14-16,19,24H,13,17-18H2,1-3H3. The van der Waals surface area contributed by atoms with Gasteiger partial charge in [-0.2, -0.15) is 26.3 Å². The Morgan fingerprint density at radius 3 is 2.16 bits per heavy atom. The van der Waals surface area contributed by atoms with Crippen LogP contribution in [0.4, 0.5) is 26.3 Å². The van der Waals surface area contributed by atoms with Gasteiger partial charge in [0.25, 0.3) is 0 Å². The van der Waals surface area contributed by atoms with Gasteiger partial charge < -0.3 is 9.47 Å². The molecule has 0 radical (unpaired) electrons. The van der Waals surface area contributed by atoms with Crippen LogP contribution in [0.2, 0.25) is 0 Å². The van der Waals surface area contributed by atoms with E-state index in [2.05, 4.69) is 17.9 Å². The SMILES string of the molecule is CC(OCC1(C2(C)C=CC=CC2)COC(c2ccccc2)N1C)c1cc(C(F)(F)F)cc(C(F)(F)F)c1. The molecule has 200 valence electrons. The molecule has 1 saturated heterocycles. The van der Waals surface area contributed by atoms with Crippen molar-refractivity contribution in [2.45, 2.75) is 50.5 Å². The number of hydrogen-bond acceptors (Lipinski definition) is 3. The highest BCUT2D eigenvalue weighted by Gasteiger charge is 2.56. The lowest BCUT2D eigenvalue weighted by molar-refractivity contribution is -0.143. The van der Waals surface area contributed by atoms with Gasteiger partial charge in [-0.25, -0.2) is 0 Å². The van der Waals surface area contributed by atoms with Gasteiger partial charge in [-0.3, -0.25) is 4.90 Å². The minimum atomic E-state index is -4.92. The van der Waals surface area contributed by atoms with E-state index in [0.29, 0.717) is 6.42 Å². The van der Waals surface area contributed by atoms with E-state index in [1.54, 1.807) is 0 Å². The van der Waals surface area contributed by atoms with Gasteiger partial charge in [0.1, 0.15) is 6.23 Å². The molecule has 0 spiro atoms. The topological polar surface area (TPSA) is 21.7 Å². The predicted octanol–water partition coefficient (Wildman–Crippen LogP) is 7.72. The van der Waals surface area contributed by atoms with Crippen LogP contribution < -0.4 is 0 Å². The lowest BCUT2D eigenvalue weighted by Gasteiger charge is -2.49. The average molecular weight is 526 g/mol. The molecule has 37 heavy (non-hydrogen) atoms. The molecule has 1 fully saturated rings. The third kappa shape index (κ3) is 5.35. The second-order valence-electron chi connectivity index (χ2n) is 9.92. The van der Waals surface area contributed by atoms with Crippen LogP contribution in [0.1, 0.15) is 54.9 Å². The first-order valence-electron chi connectivity index (χ1n) is 11.9. The minimum absolute atomic E-state index is 0.0281. The van der Waals surface area contributed by atoms with Crippen molar-refractivity contribution < 1.29 is 35.8 Å². The predicted molar refractivity (Wildman–Crippen MR) is 127 cm³/mol. The summed E-state index contributed by atoms with van der Waals surface area (Å²) in [5.74, 6) is 0. The lowest BCUT2D eigenvalue weighted by Crippen LogP contribution is -2.59. The number of allylic oxidation sites excluding steroid dienone is 3. The Hall–Kier alpha value is -2.62. The van der Waals surface area contributed by atoms with Crippen molar-refractivity contribution in [3.8, 4) is 0 Å². The highest BCUT2D eigenvalue weighted by Crippen LogP contribution is 2.50. The Balaban J connectivity index is 1.66. The Labute approximate surface area is 212 Å². The van der Waals surface area contributed by atoms with Crippen LogP contribution in [0, 0.1) is 5.41 Å². The molecule has 1 heterocycles. The van der Waals surface area contributed by atoms with Crippen molar-refractivity contribution in [2.24, 2.45) is 5.41 Å². The third-order valence-corrected chi connectivity index (χ3v) is 7.56. The molecule has 4 unspecified atom stereocenters. The zero-order chi connectivity index (χ0) is 27.1. The van der Waals surface area contributed by atoms with Gasteiger partial charge in [0.2, 0.25) is 0 Å². The van der Waals surface area contributed by atoms with Crippen LogP contribution in [0.3, 0.4) is 0 Å². The van der Waals surface area contributed by atoms with Gasteiger partial charge in [0, 0.05) is 5.41 Å². The van der Waals surface area contributed by atoms with Crippen molar-refractivity contribution in [3.05, 3.63) is 95.1 Å². The summed E-state index contributed by atoms with van der Waals surface area (Å²) >= 11 is 0. The summed E-state index contributed by atoms with van der Waals surface area (Å²) in [4.78, 5) is 2.06. The number of benzene rings is 2. The molecule has 2 aromatic carbocycles. The normalized spacial score (nSPS) is 27.5. The average Bonchev–Trinajstić information content (AvgIpc) is 3.19. The number of rotatable bonds is 6. The fourth-order valence-corrected chi connectivity index (χ4v) is 5.11. The zero-order valence-corrected chi connectivity index (χ0v) is 20.7. The fraction of sp³-hybridized carbons (Fsp3) is 0.429. The summed E-state index contributed by atoms with van der Waals surface area (Å²) in [7, 11) is 1.90. The van der Waals surface area contributed by atoms with Crippen molar-refractivity contribution >= 4 is 0 Å². The molecular formula is C28H29F6NO2. The number of nitrogens with zero attached hydrogens (tertiary/aromatic N) is 1. The third-order valence-electron chi connectivity index (χ3n) is 7.56. The summed E-state index contributed by atoms with van der Waals surface area (Å²) in [6.07, 6.45) is -2.66. The Kier molecular flexibility index (Phi) is 7.35. The van der Waals surface area contributed by atoms with Crippen LogP contribution >= 0.6 is 0 Å². The molecular weight excluding hydrogens is 496 g/mol. The van der Waals surface area contributed by atoms with Crippen LogP contribution in [0.15, 0.2) is 72.8 Å². The maximum absolute atomic E-state index is 13.4. The highest BCUT2D eigenvalue weighted by atomic mass is 19.4. The number of likely N-dealkylation sites (N-methyl/N-ethyl adjacent to an activating group) is 1. The zero-order valence-electron chi connectivity index (χ0n) is 20.7. The van der Waals surface area contributed by atoms with Crippen molar-refractivity contribution in [1.82, 2.24) is 4.90 Å². The van der Waals surface area contributed by atoms with Gasteiger partial charge in [-0.15, -0.1) is 0 Å². The fourth-order valence-electron chi connectivity index (χ4n) is 5.11. The first kappa shape index (κ1) is 27.4. The van der Waals surface area contributed by atoms with Gasteiger partial charge in [-0.05, 0) is 49.7 Å². The largest absolute Gasteiger partial charge is 0.416 e. The van der Waals surface area contributed by atoms with Crippen molar-refractivity contribution in [3.63, 3.8) is 0 Å². The van der Waals surface area contributed by atoms with E-state index in [4.69, 9.17) is 9.47 Å². The molecule has 0 bridgehead atoms. The summed E-state index contributed by atoms with van der Waals surface area (Å²) in [6.45, 7) is 3.81. The van der Waals surface area contributed by atoms with Crippen LogP contribution in [0.5, 0.6) is 0 Å². The molecule has 4 rings (SSSR count). The molecule has 0 aromatic heterocycles. The van der Waals surface area contributed by atoms with E-state index in [1.807, 2.05) is 55.6 Å². The van der Waals surface area contributed by atoms with Crippen LogP contribution in [-0.2, 0) is 21.8 Å². The highest BCUT2D eigenvalue weighted by molar-refractivity contribution is 5.35. The van der Waals surface area contributed by atoms with E-state index in [9.17, 15) is 26.3 Å². The summed E-state index contributed by atoms with van der Waals surface area (Å²) in [6, 6.07) is 11.2. The van der Waals surface area contributed by atoms with Crippen molar-refractivity contribution in [1.29, 1.82) is 0 Å². The molecule has 1 aliphatic carbocycles.